The molecule has 1 unspecified atom stereocenters. The number of nitrogens with one attached hydrogen (secondary N) is 1. The summed E-state index contributed by atoms with van der Waals surface area (Å²) in [4.78, 5) is 0.234. The molecular weight excluding hydrogens is 290 g/mol. The van der Waals surface area contributed by atoms with Gasteiger partial charge in [0.25, 0.3) is 0 Å². The van der Waals surface area contributed by atoms with Crippen molar-refractivity contribution in [3.8, 4) is 0 Å². The summed E-state index contributed by atoms with van der Waals surface area (Å²) in [7, 11) is -3.53. The number of aliphatic hydroxyl groups is 1. The smallest absolute Gasteiger partial charge is 0.240 e. The number of benzene rings is 1. The lowest BCUT2D eigenvalue weighted by atomic mass is 10.1. The SMILES string of the molecule is CCc1ccc(S(=O)(=O)NCCC(O)c2ccoc2)cc1. The van der Waals surface area contributed by atoms with E-state index >= 15 is 0 Å². The topological polar surface area (TPSA) is 79.5 Å². The molecule has 2 aromatic rings. The normalized spacial score (nSPS) is 13.2. The average molecular weight is 309 g/mol. The molecule has 5 nitrogen and oxygen atoms in total. The molecule has 2 rings (SSSR count). The quantitative estimate of drug-likeness (QED) is 0.822. The van der Waals surface area contributed by atoms with Crippen LogP contribution in [0.1, 0.15) is 30.6 Å². The van der Waals surface area contributed by atoms with E-state index in [0.29, 0.717) is 5.56 Å². The van der Waals surface area contributed by atoms with Crippen molar-refractivity contribution in [2.45, 2.75) is 30.8 Å². The van der Waals surface area contributed by atoms with Gasteiger partial charge >= 0.3 is 0 Å². The van der Waals surface area contributed by atoms with Gasteiger partial charge in [-0.15, -0.1) is 0 Å². The van der Waals surface area contributed by atoms with Crippen molar-refractivity contribution in [2.24, 2.45) is 0 Å². The van der Waals surface area contributed by atoms with E-state index in [9.17, 15) is 13.5 Å². The molecule has 1 atom stereocenters. The molecule has 114 valence electrons. The third-order valence-electron chi connectivity index (χ3n) is 3.28. The van der Waals surface area contributed by atoms with Gasteiger partial charge in [0.15, 0.2) is 0 Å². The van der Waals surface area contributed by atoms with Crippen LogP contribution in [0, 0.1) is 0 Å². The van der Waals surface area contributed by atoms with Crippen LogP contribution in [0.4, 0.5) is 0 Å². The first-order chi connectivity index (χ1) is 10.0. The Labute approximate surface area is 124 Å². The molecule has 0 fully saturated rings. The van der Waals surface area contributed by atoms with Gasteiger partial charge in [-0.2, -0.15) is 0 Å². The molecule has 0 saturated carbocycles. The second-order valence-corrected chi connectivity index (χ2v) is 6.52. The van der Waals surface area contributed by atoms with Gasteiger partial charge < -0.3 is 9.52 Å². The molecule has 0 bridgehead atoms. The lowest BCUT2D eigenvalue weighted by Gasteiger charge is -2.10. The highest BCUT2D eigenvalue weighted by Gasteiger charge is 2.15. The highest BCUT2D eigenvalue weighted by Crippen LogP contribution is 2.17. The molecule has 0 saturated heterocycles. The Morgan fingerprint density at radius 3 is 2.52 bits per heavy atom. The van der Waals surface area contributed by atoms with Crippen molar-refractivity contribution in [1.82, 2.24) is 4.72 Å². The Kier molecular flexibility index (Phi) is 5.17. The molecule has 0 aliphatic carbocycles. The van der Waals surface area contributed by atoms with Crippen LogP contribution in [0.5, 0.6) is 0 Å². The fraction of sp³-hybridized carbons (Fsp3) is 0.333. The molecule has 2 N–H and O–H groups in total. The summed E-state index contributed by atoms with van der Waals surface area (Å²) in [6.45, 7) is 2.17. The highest BCUT2D eigenvalue weighted by atomic mass is 32.2. The van der Waals surface area contributed by atoms with Gasteiger partial charge in [-0.05, 0) is 36.6 Å². The van der Waals surface area contributed by atoms with E-state index in [0.717, 1.165) is 12.0 Å². The average Bonchev–Trinajstić information content (AvgIpc) is 3.01. The maximum atomic E-state index is 12.1. The summed E-state index contributed by atoms with van der Waals surface area (Å²) < 4.78 is 31.5. The Morgan fingerprint density at radius 1 is 1.24 bits per heavy atom. The number of hydrogen-bond acceptors (Lipinski definition) is 4. The fourth-order valence-corrected chi connectivity index (χ4v) is 3.00. The number of aryl methyl sites for hydroxylation is 1. The number of hydrogen-bond donors (Lipinski definition) is 2. The van der Waals surface area contributed by atoms with Crippen LogP contribution in [-0.4, -0.2) is 20.1 Å². The maximum absolute atomic E-state index is 12.1. The number of aliphatic hydroxyl groups excluding tert-OH is 1. The molecule has 1 heterocycles. The molecule has 0 amide bonds. The molecular formula is C15H19NO4S. The van der Waals surface area contributed by atoms with Crippen molar-refractivity contribution in [3.63, 3.8) is 0 Å². The third-order valence-corrected chi connectivity index (χ3v) is 4.76. The van der Waals surface area contributed by atoms with Crippen molar-refractivity contribution in [3.05, 3.63) is 54.0 Å². The second kappa shape index (κ2) is 6.89. The molecule has 0 radical (unpaired) electrons. The van der Waals surface area contributed by atoms with Crippen molar-refractivity contribution in [1.29, 1.82) is 0 Å². The van der Waals surface area contributed by atoms with Crippen molar-refractivity contribution < 1.29 is 17.9 Å². The maximum Gasteiger partial charge on any atom is 0.240 e. The molecule has 6 heteroatoms. The van der Waals surface area contributed by atoms with Gasteiger partial charge in [-0.3, -0.25) is 0 Å². The van der Waals surface area contributed by atoms with Crippen LogP contribution in [0.15, 0.2) is 52.2 Å². The van der Waals surface area contributed by atoms with Crippen LogP contribution < -0.4 is 4.72 Å². The molecule has 1 aromatic carbocycles. The van der Waals surface area contributed by atoms with Crippen molar-refractivity contribution in [2.75, 3.05) is 6.54 Å². The highest BCUT2D eigenvalue weighted by molar-refractivity contribution is 7.89. The first kappa shape index (κ1) is 15.8. The van der Waals surface area contributed by atoms with Crippen LogP contribution >= 0.6 is 0 Å². The standard InChI is InChI=1S/C15H19NO4S/c1-2-12-3-5-14(6-4-12)21(18,19)16-9-7-15(17)13-8-10-20-11-13/h3-6,8,10-11,15-17H,2,7,9H2,1H3. The Hall–Kier alpha value is -1.63. The summed E-state index contributed by atoms with van der Waals surface area (Å²) in [5.74, 6) is 0. The van der Waals surface area contributed by atoms with E-state index in [1.807, 2.05) is 6.92 Å². The van der Waals surface area contributed by atoms with E-state index in [2.05, 4.69) is 4.72 Å². The molecule has 21 heavy (non-hydrogen) atoms. The zero-order chi connectivity index (χ0) is 15.3. The summed E-state index contributed by atoms with van der Waals surface area (Å²) in [6, 6.07) is 8.44. The fourth-order valence-electron chi connectivity index (χ4n) is 1.95. The van der Waals surface area contributed by atoms with Gasteiger partial charge in [0, 0.05) is 12.1 Å². The lowest BCUT2D eigenvalue weighted by molar-refractivity contribution is 0.168. The van der Waals surface area contributed by atoms with E-state index in [4.69, 9.17) is 4.42 Å². The zero-order valence-electron chi connectivity index (χ0n) is 11.8. The van der Waals surface area contributed by atoms with Crippen molar-refractivity contribution >= 4 is 10.0 Å². The van der Waals surface area contributed by atoms with Gasteiger partial charge in [-0.25, -0.2) is 13.1 Å². The predicted octanol–water partition coefficient (Wildman–Crippen LogP) is 2.24. The zero-order valence-corrected chi connectivity index (χ0v) is 12.6. The van der Waals surface area contributed by atoms with E-state index in [-0.39, 0.29) is 17.9 Å². The number of rotatable bonds is 7. The minimum absolute atomic E-state index is 0.157. The molecule has 1 aromatic heterocycles. The van der Waals surface area contributed by atoms with Crippen LogP contribution in [-0.2, 0) is 16.4 Å². The Morgan fingerprint density at radius 2 is 1.95 bits per heavy atom. The van der Waals surface area contributed by atoms with Gasteiger partial charge in [0.05, 0.1) is 23.5 Å². The Balaban J connectivity index is 1.91. The summed E-state index contributed by atoms with van der Waals surface area (Å²) in [5.41, 5.74) is 1.73. The van der Waals surface area contributed by atoms with E-state index in [1.165, 1.54) is 12.5 Å². The lowest BCUT2D eigenvalue weighted by Crippen LogP contribution is -2.25. The second-order valence-electron chi connectivity index (χ2n) is 4.76. The van der Waals surface area contributed by atoms with Crippen LogP contribution in [0.25, 0.3) is 0 Å². The van der Waals surface area contributed by atoms with Crippen LogP contribution in [0.2, 0.25) is 0 Å². The monoisotopic (exact) mass is 309 g/mol. The third kappa shape index (κ3) is 4.17. The van der Waals surface area contributed by atoms with E-state index in [1.54, 1.807) is 30.3 Å². The van der Waals surface area contributed by atoms with Crippen LogP contribution in [0.3, 0.4) is 0 Å². The van der Waals surface area contributed by atoms with Gasteiger partial charge in [0.2, 0.25) is 10.0 Å². The molecule has 0 aliphatic rings. The summed E-state index contributed by atoms with van der Waals surface area (Å²) in [6.07, 6.45) is 3.32. The summed E-state index contributed by atoms with van der Waals surface area (Å²) >= 11 is 0. The predicted molar refractivity (Wildman–Crippen MR) is 79.3 cm³/mol. The van der Waals surface area contributed by atoms with Gasteiger partial charge in [0.1, 0.15) is 0 Å². The first-order valence-electron chi connectivity index (χ1n) is 6.81. The number of sulfonamides is 1. The molecule has 0 spiro atoms. The van der Waals surface area contributed by atoms with E-state index < -0.39 is 16.1 Å². The largest absolute Gasteiger partial charge is 0.472 e. The molecule has 0 aliphatic heterocycles. The Bertz CT molecular complexity index is 647. The van der Waals surface area contributed by atoms with Gasteiger partial charge in [-0.1, -0.05) is 19.1 Å². The summed E-state index contributed by atoms with van der Waals surface area (Å²) in [5, 5.41) is 9.85. The first-order valence-corrected chi connectivity index (χ1v) is 8.30. The minimum Gasteiger partial charge on any atom is -0.472 e. The minimum atomic E-state index is -3.53. The number of furan rings is 1.